The molecule has 0 spiro atoms. The molecule has 3 aromatic rings. The smallest absolute Gasteiger partial charge is 0.277 e. The summed E-state index contributed by atoms with van der Waals surface area (Å²) in [5.74, 6) is 1.42. The van der Waals surface area contributed by atoms with E-state index in [9.17, 15) is 4.79 Å². The minimum absolute atomic E-state index is 0.147. The van der Waals surface area contributed by atoms with Gasteiger partial charge in [0.05, 0.1) is 0 Å². The van der Waals surface area contributed by atoms with E-state index in [1.807, 2.05) is 30.3 Å². The highest BCUT2D eigenvalue weighted by molar-refractivity contribution is 5.76. The number of hydrogen-bond donors (Lipinski definition) is 1. The lowest BCUT2D eigenvalue weighted by Gasteiger charge is -1.99. The molecular formula is C15H16N4O. The summed E-state index contributed by atoms with van der Waals surface area (Å²) in [5, 5.41) is 4.40. The third kappa shape index (κ3) is 2.01. The summed E-state index contributed by atoms with van der Waals surface area (Å²) in [6, 6.07) is 9.74. The Balaban J connectivity index is 2.36. The molecule has 0 bridgehead atoms. The van der Waals surface area contributed by atoms with Gasteiger partial charge in [0.25, 0.3) is 5.56 Å². The Morgan fingerprint density at radius 1 is 1.25 bits per heavy atom. The Hall–Kier alpha value is -2.43. The van der Waals surface area contributed by atoms with Crippen molar-refractivity contribution in [3.63, 3.8) is 0 Å². The van der Waals surface area contributed by atoms with E-state index in [4.69, 9.17) is 0 Å². The molecule has 1 N–H and O–H groups in total. The molecule has 0 aliphatic carbocycles. The van der Waals surface area contributed by atoms with Gasteiger partial charge in [-0.25, -0.2) is 9.50 Å². The van der Waals surface area contributed by atoms with Crippen LogP contribution >= 0.6 is 0 Å². The van der Waals surface area contributed by atoms with E-state index >= 15 is 0 Å². The molecule has 0 aliphatic heterocycles. The molecule has 0 amide bonds. The molecule has 5 nitrogen and oxygen atoms in total. The number of benzene rings is 1. The van der Waals surface area contributed by atoms with Gasteiger partial charge in [0, 0.05) is 12.0 Å². The molecule has 2 aromatic heterocycles. The predicted molar refractivity (Wildman–Crippen MR) is 77.8 cm³/mol. The fourth-order valence-electron chi connectivity index (χ4n) is 2.35. The highest BCUT2D eigenvalue weighted by Gasteiger charge is 2.16. The third-order valence-corrected chi connectivity index (χ3v) is 3.20. The number of aromatic amines is 1. The van der Waals surface area contributed by atoms with E-state index in [1.54, 1.807) is 11.4 Å². The van der Waals surface area contributed by atoms with E-state index in [2.05, 4.69) is 22.0 Å². The summed E-state index contributed by atoms with van der Waals surface area (Å²) >= 11 is 0. The maximum atomic E-state index is 12.3. The van der Waals surface area contributed by atoms with Crippen molar-refractivity contribution in [1.29, 1.82) is 0 Å². The van der Waals surface area contributed by atoms with Crippen molar-refractivity contribution < 1.29 is 0 Å². The molecule has 1 aromatic carbocycles. The first-order valence-corrected chi connectivity index (χ1v) is 6.74. The average Bonchev–Trinajstić information content (AvgIpc) is 2.79. The molecule has 0 fully saturated rings. The number of H-pyrrole nitrogens is 1. The number of aryl methyl sites for hydroxylation is 2. The van der Waals surface area contributed by atoms with Gasteiger partial charge < -0.3 is 4.98 Å². The average molecular weight is 268 g/mol. The Labute approximate surface area is 116 Å². The van der Waals surface area contributed by atoms with Crippen LogP contribution in [0, 0.1) is 6.92 Å². The fraction of sp³-hybridized carbons (Fsp3) is 0.267. The number of fused-ring (bicyclic) bond motifs is 1. The van der Waals surface area contributed by atoms with Crippen LogP contribution in [0.2, 0.25) is 0 Å². The van der Waals surface area contributed by atoms with Crippen LogP contribution in [0.3, 0.4) is 0 Å². The van der Waals surface area contributed by atoms with Gasteiger partial charge in [0.15, 0.2) is 5.52 Å². The van der Waals surface area contributed by atoms with Crippen LogP contribution in [-0.2, 0) is 6.42 Å². The van der Waals surface area contributed by atoms with Crippen LogP contribution in [0.1, 0.15) is 25.0 Å². The topological polar surface area (TPSA) is 63.0 Å². The first kappa shape index (κ1) is 12.6. The second-order valence-corrected chi connectivity index (χ2v) is 4.79. The molecule has 2 heterocycles. The molecule has 0 unspecified atom stereocenters. The highest BCUT2D eigenvalue weighted by atomic mass is 16.1. The van der Waals surface area contributed by atoms with Gasteiger partial charge in [-0.1, -0.05) is 37.3 Å². The normalized spacial score (nSPS) is 11.1. The fourth-order valence-corrected chi connectivity index (χ4v) is 2.35. The molecule has 0 aliphatic rings. The van der Waals surface area contributed by atoms with Crippen LogP contribution in [0.5, 0.6) is 0 Å². The maximum absolute atomic E-state index is 12.3. The van der Waals surface area contributed by atoms with Gasteiger partial charge in [-0.05, 0) is 13.3 Å². The van der Waals surface area contributed by atoms with Crippen molar-refractivity contribution in [2.75, 3.05) is 0 Å². The van der Waals surface area contributed by atoms with Crippen molar-refractivity contribution in [2.45, 2.75) is 26.7 Å². The molecule has 0 radical (unpaired) electrons. The van der Waals surface area contributed by atoms with Gasteiger partial charge in [0.2, 0.25) is 0 Å². The zero-order chi connectivity index (χ0) is 14.1. The third-order valence-electron chi connectivity index (χ3n) is 3.20. The molecule has 0 saturated heterocycles. The van der Waals surface area contributed by atoms with Gasteiger partial charge in [-0.2, -0.15) is 5.10 Å². The van der Waals surface area contributed by atoms with Gasteiger partial charge in [-0.3, -0.25) is 4.79 Å². The van der Waals surface area contributed by atoms with Gasteiger partial charge >= 0.3 is 0 Å². The van der Waals surface area contributed by atoms with Crippen LogP contribution < -0.4 is 5.56 Å². The largest absolute Gasteiger partial charge is 0.307 e. The molecule has 3 rings (SSSR count). The van der Waals surface area contributed by atoms with Crippen LogP contribution in [0.25, 0.3) is 16.8 Å². The monoisotopic (exact) mass is 268 g/mol. The van der Waals surface area contributed by atoms with Crippen molar-refractivity contribution in [2.24, 2.45) is 0 Å². The Kier molecular flexibility index (Phi) is 3.10. The lowest BCUT2D eigenvalue weighted by atomic mass is 10.1. The quantitative estimate of drug-likeness (QED) is 0.793. The Morgan fingerprint density at radius 3 is 2.70 bits per heavy atom. The number of aromatic nitrogens is 4. The molecule has 0 saturated carbocycles. The molecular weight excluding hydrogens is 252 g/mol. The Bertz CT molecular complexity index is 802. The van der Waals surface area contributed by atoms with Crippen molar-refractivity contribution in [3.8, 4) is 11.3 Å². The zero-order valence-electron chi connectivity index (χ0n) is 11.6. The number of nitrogens with one attached hydrogen (secondary N) is 1. The summed E-state index contributed by atoms with van der Waals surface area (Å²) in [7, 11) is 0. The highest BCUT2D eigenvalue weighted by Crippen LogP contribution is 2.22. The molecule has 5 heteroatoms. The lowest BCUT2D eigenvalue weighted by Crippen LogP contribution is -2.15. The van der Waals surface area contributed by atoms with E-state index in [0.717, 1.165) is 24.2 Å². The summed E-state index contributed by atoms with van der Waals surface area (Å²) in [6.45, 7) is 3.86. The summed E-state index contributed by atoms with van der Waals surface area (Å²) < 4.78 is 1.68. The SMILES string of the molecule is CCCc1nc(-c2ccccc2)c2c(=O)[nH]c(C)nn12. The maximum Gasteiger partial charge on any atom is 0.277 e. The van der Waals surface area contributed by atoms with Crippen LogP contribution in [0.15, 0.2) is 35.1 Å². The second kappa shape index (κ2) is 4.92. The van der Waals surface area contributed by atoms with E-state index < -0.39 is 0 Å². The minimum Gasteiger partial charge on any atom is -0.307 e. The van der Waals surface area contributed by atoms with Crippen molar-refractivity contribution in [3.05, 3.63) is 52.3 Å². The summed E-state index contributed by atoms with van der Waals surface area (Å²) in [6.07, 6.45) is 1.75. The van der Waals surface area contributed by atoms with Crippen molar-refractivity contribution in [1.82, 2.24) is 19.6 Å². The molecule has 20 heavy (non-hydrogen) atoms. The lowest BCUT2D eigenvalue weighted by molar-refractivity contribution is 0.746. The molecule has 102 valence electrons. The standard InChI is InChI=1S/C15H16N4O/c1-3-7-12-17-13(11-8-5-4-6-9-11)14-15(20)16-10(2)18-19(12)14/h4-6,8-9H,3,7H2,1-2H3,(H,16,18,20). The van der Waals surface area contributed by atoms with E-state index in [0.29, 0.717) is 17.0 Å². The molecule has 0 atom stereocenters. The predicted octanol–water partition coefficient (Wildman–Crippen LogP) is 2.35. The van der Waals surface area contributed by atoms with Crippen LogP contribution in [-0.4, -0.2) is 19.6 Å². The number of rotatable bonds is 3. The zero-order valence-corrected chi connectivity index (χ0v) is 11.6. The van der Waals surface area contributed by atoms with E-state index in [-0.39, 0.29) is 5.56 Å². The Morgan fingerprint density at radius 2 is 2.00 bits per heavy atom. The summed E-state index contributed by atoms with van der Waals surface area (Å²) in [5.41, 5.74) is 2.00. The number of imidazole rings is 1. The summed E-state index contributed by atoms with van der Waals surface area (Å²) in [4.78, 5) is 19.6. The minimum atomic E-state index is -0.147. The first-order chi connectivity index (χ1) is 9.70. The number of nitrogens with zero attached hydrogens (tertiary/aromatic N) is 3. The van der Waals surface area contributed by atoms with Crippen LogP contribution in [0.4, 0.5) is 0 Å². The number of hydrogen-bond acceptors (Lipinski definition) is 3. The first-order valence-electron chi connectivity index (χ1n) is 6.74. The van der Waals surface area contributed by atoms with E-state index in [1.165, 1.54) is 0 Å². The van der Waals surface area contributed by atoms with Gasteiger partial charge in [-0.15, -0.1) is 0 Å². The van der Waals surface area contributed by atoms with Crippen molar-refractivity contribution >= 4 is 5.52 Å². The van der Waals surface area contributed by atoms with Gasteiger partial charge in [0.1, 0.15) is 17.3 Å². The second-order valence-electron chi connectivity index (χ2n) is 4.79.